The standard InChI is InChI=1S/C14H19N3O/c1-2-11-3-5-12(6-4-11)17-10-13-9-15-7-8-16(13)14(17)18/h3-6,13,15H,2,7-10H2,1H3. The van der Waals surface area contributed by atoms with Crippen LogP contribution < -0.4 is 10.2 Å². The highest BCUT2D eigenvalue weighted by atomic mass is 16.2. The normalized spacial score (nSPS) is 23.4. The molecule has 1 unspecified atom stereocenters. The van der Waals surface area contributed by atoms with E-state index in [0.717, 1.165) is 38.3 Å². The van der Waals surface area contributed by atoms with Gasteiger partial charge in [0, 0.05) is 31.9 Å². The summed E-state index contributed by atoms with van der Waals surface area (Å²) in [5.74, 6) is 0. The van der Waals surface area contributed by atoms with Gasteiger partial charge in [-0.1, -0.05) is 19.1 Å². The predicted octanol–water partition coefficient (Wildman–Crippen LogP) is 1.46. The van der Waals surface area contributed by atoms with E-state index in [0.29, 0.717) is 6.04 Å². The number of hydrogen-bond donors (Lipinski definition) is 1. The molecule has 0 aromatic heterocycles. The van der Waals surface area contributed by atoms with E-state index in [-0.39, 0.29) is 6.03 Å². The maximum absolute atomic E-state index is 12.3. The molecular weight excluding hydrogens is 226 g/mol. The van der Waals surface area contributed by atoms with Gasteiger partial charge in [0.2, 0.25) is 0 Å². The van der Waals surface area contributed by atoms with Crippen LogP contribution in [0.2, 0.25) is 0 Å². The molecule has 2 amide bonds. The summed E-state index contributed by atoms with van der Waals surface area (Å²) in [5, 5.41) is 3.35. The van der Waals surface area contributed by atoms with Gasteiger partial charge in [0.25, 0.3) is 0 Å². The monoisotopic (exact) mass is 245 g/mol. The Morgan fingerprint density at radius 3 is 2.78 bits per heavy atom. The Kier molecular flexibility index (Phi) is 2.96. The molecule has 1 aromatic rings. The van der Waals surface area contributed by atoms with Crippen LogP contribution in [-0.2, 0) is 6.42 Å². The van der Waals surface area contributed by atoms with Crippen molar-refractivity contribution in [3.05, 3.63) is 29.8 Å². The Labute approximate surface area is 108 Å². The Bertz CT molecular complexity index is 443. The number of amides is 2. The summed E-state index contributed by atoms with van der Waals surface area (Å²) in [5.41, 5.74) is 2.33. The lowest BCUT2D eigenvalue weighted by Gasteiger charge is -2.28. The van der Waals surface area contributed by atoms with Gasteiger partial charge in [0.05, 0.1) is 6.04 Å². The summed E-state index contributed by atoms with van der Waals surface area (Å²) in [4.78, 5) is 16.2. The van der Waals surface area contributed by atoms with Crippen molar-refractivity contribution in [3.8, 4) is 0 Å². The third-order valence-electron chi connectivity index (χ3n) is 3.88. The Morgan fingerprint density at radius 1 is 1.33 bits per heavy atom. The van der Waals surface area contributed by atoms with E-state index in [9.17, 15) is 4.79 Å². The van der Waals surface area contributed by atoms with Gasteiger partial charge >= 0.3 is 6.03 Å². The molecule has 0 bridgehead atoms. The average molecular weight is 245 g/mol. The number of carbonyl (C=O) groups excluding carboxylic acids is 1. The van der Waals surface area contributed by atoms with Gasteiger partial charge in [-0.25, -0.2) is 4.79 Å². The fourth-order valence-corrected chi connectivity index (χ4v) is 2.75. The molecule has 3 rings (SSSR count). The summed E-state index contributed by atoms with van der Waals surface area (Å²) in [6.45, 7) is 5.59. The molecule has 1 aromatic carbocycles. The average Bonchev–Trinajstić information content (AvgIpc) is 2.77. The second-order valence-corrected chi connectivity index (χ2v) is 4.96. The molecule has 0 aliphatic carbocycles. The van der Waals surface area contributed by atoms with E-state index in [4.69, 9.17) is 0 Å². The van der Waals surface area contributed by atoms with Gasteiger partial charge in [-0.15, -0.1) is 0 Å². The predicted molar refractivity (Wildman–Crippen MR) is 71.9 cm³/mol. The van der Waals surface area contributed by atoms with Gasteiger partial charge in [-0.05, 0) is 24.1 Å². The molecule has 0 saturated carbocycles. The third kappa shape index (κ3) is 1.86. The largest absolute Gasteiger partial charge is 0.324 e. The van der Waals surface area contributed by atoms with Crippen LogP contribution in [0.1, 0.15) is 12.5 Å². The lowest BCUT2D eigenvalue weighted by atomic mass is 10.1. The number of carbonyl (C=O) groups is 1. The molecule has 0 spiro atoms. The van der Waals surface area contributed by atoms with Crippen LogP contribution >= 0.6 is 0 Å². The number of aryl methyl sites for hydroxylation is 1. The fraction of sp³-hybridized carbons (Fsp3) is 0.500. The zero-order valence-corrected chi connectivity index (χ0v) is 10.7. The second-order valence-electron chi connectivity index (χ2n) is 4.96. The van der Waals surface area contributed by atoms with Crippen molar-refractivity contribution in [2.24, 2.45) is 0 Å². The number of benzene rings is 1. The van der Waals surface area contributed by atoms with Crippen molar-refractivity contribution < 1.29 is 4.79 Å². The first-order valence-corrected chi connectivity index (χ1v) is 6.67. The molecule has 1 N–H and O–H groups in total. The van der Waals surface area contributed by atoms with Crippen LogP contribution in [0.5, 0.6) is 0 Å². The number of urea groups is 1. The molecular formula is C14H19N3O. The van der Waals surface area contributed by atoms with E-state index in [2.05, 4.69) is 36.5 Å². The highest BCUT2D eigenvalue weighted by Gasteiger charge is 2.38. The van der Waals surface area contributed by atoms with Crippen molar-refractivity contribution in [1.82, 2.24) is 10.2 Å². The summed E-state index contributed by atoms with van der Waals surface area (Å²) >= 11 is 0. The lowest BCUT2D eigenvalue weighted by Crippen LogP contribution is -2.49. The van der Waals surface area contributed by atoms with Gasteiger partial charge in [-0.3, -0.25) is 4.90 Å². The Hall–Kier alpha value is -1.55. The first-order valence-electron chi connectivity index (χ1n) is 6.67. The van der Waals surface area contributed by atoms with E-state index in [1.54, 1.807) is 0 Å². The molecule has 0 radical (unpaired) electrons. The number of nitrogens with zero attached hydrogens (tertiary/aromatic N) is 2. The van der Waals surface area contributed by atoms with Gasteiger partial charge in [-0.2, -0.15) is 0 Å². The molecule has 2 saturated heterocycles. The molecule has 96 valence electrons. The number of hydrogen-bond acceptors (Lipinski definition) is 2. The van der Waals surface area contributed by atoms with Crippen LogP contribution in [-0.4, -0.2) is 43.2 Å². The van der Waals surface area contributed by atoms with E-state index < -0.39 is 0 Å². The number of fused-ring (bicyclic) bond motifs is 1. The Morgan fingerprint density at radius 2 is 2.11 bits per heavy atom. The molecule has 2 heterocycles. The minimum Gasteiger partial charge on any atom is -0.317 e. The SMILES string of the molecule is CCc1ccc(N2CC3CNCCN3C2=O)cc1. The molecule has 2 fully saturated rings. The van der Waals surface area contributed by atoms with E-state index in [1.165, 1.54) is 5.56 Å². The van der Waals surface area contributed by atoms with Crippen molar-refractivity contribution in [2.45, 2.75) is 19.4 Å². The highest BCUT2D eigenvalue weighted by Crippen LogP contribution is 2.24. The fourth-order valence-electron chi connectivity index (χ4n) is 2.75. The molecule has 2 aliphatic rings. The quantitative estimate of drug-likeness (QED) is 0.856. The van der Waals surface area contributed by atoms with Crippen molar-refractivity contribution in [1.29, 1.82) is 0 Å². The summed E-state index contributed by atoms with van der Waals surface area (Å²) < 4.78 is 0. The van der Waals surface area contributed by atoms with Crippen LogP contribution in [0.4, 0.5) is 10.5 Å². The number of piperazine rings is 1. The third-order valence-corrected chi connectivity index (χ3v) is 3.88. The topological polar surface area (TPSA) is 35.6 Å². The smallest absolute Gasteiger partial charge is 0.317 e. The molecule has 4 heteroatoms. The molecule has 2 aliphatic heterocycles. The van der Waals surface area contributed by atoms with Crippen molar-refractivity contribution in [3.63, 3.8) is 0 Å². The van der Waals surface area contributed by atoms with E-state index >= 15 is 0 Å². The zero-order chi connectivity index (χ0) is 12.5. The zero-order valence-electron chi connectivity index (χ0n) is 10.7. The first kappa shape index (κ1) is 11.5. The van der Waals surface area contributed by atoms with Gasteiger partial charge < -0.3 is 10.2 Å². The van der Waals surface area contributed by atoms with Crippen LogP contribution in [0.3, 0.4) is 0 Å². The number of nitrogens with one attached hydrogen (secondary N) is 1. The minimum absolute atomic E-state index is 0.158. The van der Waals surface area contributed by atoms with Gasteiger partial charge in [0.1, 0.15) is 0 Å². The lowest BCUT2D eigenvalue weighted by molar-refractivity contribution is 0.193. The van der Waals surface area contributed by atoms with Crippen molar-refractivity contribution in [2.75, 3.05) is 31.1 Å². The first-order chi connectivity index (χ1) is 8.79. The summed E-state index contributed by atoms with van der Waals surface area (Å²) in [6.07, 6.45) is 1.03. The molecule has 18 heavy (non-hydrogen) atoms. The van der Waals surface area contributed by atoms with Crippen molar-refractivity contribution >= 4 is 11.7 Å². The molecule has 1 atom stereocenters. The maximum atomic E-state index is 12.3. The van der Waals surface area contributed by atoms with Gasteiger partial charge in [0.15, 0.2) is 0 Å². The minimum atomic E-state index is 0.158. The Balaban J connectivity index is 1.81. The number of rotatable bonds is 2. The maximum Gasteiger partial charge on any atom is 0.324 e. The van der Waals surface area contributed by atoms with Crippen LogP contribution in [0.15, 0.2) is 24.3 Å². The number of anilines is 1. The van der Waals surface area contributed by atoms with Crippen LogP contribution in [0, 0.1) is 0 Å². The molecule has 4 nitrogen and oxygen atoms in total. The summed E-state index contributed by atoms with van der Waals surface area (Å²) in [7, 11) is 0. The van der Waals surface area contributed by atoms with E-state index in [1.807, 2.05) is 9.80 Å². The summed E-state index contributed by atoms with van der Waals surface area (Å²) in [6, 6.07) is 8.82. The van der Waals surface area contributed by atoms with Crippen LogP contribution in [0.25, 0.3) is 0 Å². The second kappa shape index (κ2) is 4.61. The highest BCUT2D eigenvalue weighted by molar-refractivity contribution is 5.94.